The van der Waals surface area contributed by atoms with Crippen molar-refractivity contribution in [3.63, 3.8) is 0 Å². The molecule has 0 aliphatic heterocycles. The molecule has 0 radical (unpaired) electrons. The van der Waals surface area contributed by atoms with Crippen molar-refractivity contribution < 1.29 is 14.3 Å². The largest absolute Gasteiger partial charge is 0.508 e. The number of hydrogen-bond acceptors (Lipinski definition) is 3. The van der Waals surface area contributed by atoms with Gasteiger partial charge in [0.2, 0.25) is 0 Å². The van der Waals surface area contributed by atoms with Crippen LogP contribution in [0.3, 0.4) is 0 Å². The van der Waals surface area contributed by atoms with E-state index in [1.54, 1.807) is 18.2 Å². The minimum Gasteiger partial charge on any atom is -0.508 e. The van der Waals surface area contributed by atoms with Gasteiger partial charge in [-0.15, -0.1) is 0 Å². The summed E-state index contributed by atoms with van der Waals surface area (Å²) < 4.78 is 13.6. The molecule has 0 fully saturated rings. The maximum absolute atomic E-state index is 13.6. The fourth-order valence-corrected chi connectivity index (χ4v) is 2.47. The number of fused-ring (bicyclic) bond motifs is 1. The summed E-state index contributed by atoms with van der Waals surface area (Å²) >= 11 is 6.18. The number of carbonyl (C=O) groups excluding carboxylic acids is 1. The number of pyridine rings is 1. The first-order valence-corrected chi connectivity index (χ1v) is 6.72. The number of carbonyl (C=O) groups is 1. The summed E-state index contributed by atoms with van der Waals surface area (Å²) in [5, 5.41) is 9.90. The molecule has 3 N–H and O–H groups in total. The van der Waals surface area contributed by atoms with Gasteiger partial charge in [-0.25, -0.2) is 9.37 Å². The first-order valence-electron chi connectivity index (χ1n) is 6.35. The predicted octanol–water partition coefficient (Wildman–Crippen LogP) is 3.50. The summed E-state index contributed by atoms with van der Waals surface area (Å²) in [6.45, 7) is 0. The van der Waals surface area contributed by atoms with E-state index in [1.807, 2.05) is 0 Å². The average molecular weight is 317 g/mol. The summed E-state index contributed by atoms with van der Waals surface area (Å²) in [4.78, 5) is 15.9. The van der Waals surface area contributed by atoms with Crippen molar-refractivity contribution in [3.8, 4) is 17.0 Å². The number of hydrogen-bond donors (Lipinski definition) is 2. The summed E-state index contributed by atoms with van der Waals surface area (Å²) in [6.07, 6.45) is 0. The molecule has 3 aromatic rings. The van der Waals surface area contributed by atoms with Gasteiger partial charge in [-0.1, -0.05) is 11.6 Å². The highest BCUT2D eigenvalue weighted by Gasteiger charge is 2.15. The molecule has 0 spiro atoms. The lowest BCUT2D eigenvalue weighted by Crippen LogP contribution is -2.12. The van der Waals surface area contributed by atoms with Crippen LogP contribution >= 0.6 is 11.6 Å². The minimum absolute atomic E-state index is 0.0301. The molecule has 3 rings (SSSR count). The molecule has 6 heteroatoms. The van der Waals surface area contributed by atoms with Gasteiger partial charge in [-0.3, -0.25) is 4.79 Å². The van der Waals surface area contributed by atoms with Crippen LogP contribution in [0.2, 0.25) is 5.02 Å². The Morgan fingerprint density at radius 3 is 2.50 bits per heavy atom. The smallest absolute Gasteiger partial charge is 0.251 e. The third-order valence-corrected chi connectivity index (χ3v) is 3.57. The lowest BCUT2D eigenvalue weighted by atomic mass is 10.1. The molecule has 0 saturated carbocycles. The predicted molar refractivity (Wildman–Crippen MR) is 82.3 cm³/mol. The number of nitrogens with two attached hydrogens (primary N) is 1. The van der Waals surface area contributed by atoms with E-state index in [-0.39, 0.29) is 21.9 Å². The molecule has 22 heavy (non-hydrogen) atoms. The Kier molecular flexibility index (Phi) is 3.42. The average Bonchev–Trinajstić information content (AvgIpc) is 2.47. The second kappa shape index (κ2) is 5.27. The van der Waals surface area contributed by atoms with Gasteiger partial charge in [0.15, 0.2) is 0 Å². The van der Waals surface area contributed by atoms with Crippen LogP contribution in [0.25, 0.3) is 22.2 Å². The van der Waals surface area contributed by atoms with Crippen molar-refractivity contribution >= 4 is 28.4 Å². The van der Waals surface area contributed by atoms with Crippen molar-refractivity contribution in [1.82, 2.24) is 4.98 Å². The molecule has 0 bridgehead atoms. The number of primary amides is 1. The monoisotopic (exact) mass is 316 g/mol. The van der Waals surface area contributed by atoms with E-state index >= 15 is 0 Å². The number of phenols is 1. The van der Waals surface area contributed by atoms with Crippen molar-refractivity contribution in [1.29, 1.82) is 0 Å². The maximum Gasteiger partial charge on any atom is 0.251 e. The molecule has 0 saturated heterocycles. The Morgan fingerprint density at radius 1 is 1.18 bits per heavy atom. The van der Waals surface area contributed by atoms with E-state index in [9.17, 15) is 14.3 Å². The number of amides is 1. The van der Waals surface area contributed by atoms with Crippen LogP contribution in [0.15, 0.2) is 42.5 Å². The molecule has 1 aromatic heterocycles. The molecule has 2 aromatic carbocycles. The molecule has 0 aliphatic carbocycles. The zero-order valence-electron chi connectivity index (χ0n) is 11.2. The van der Waals surface area contributed by atoms with Crippen LogP contribution in [0.5, 0.6) is 5.75 Å². The zero-order chi connectivity index (χ0) is 15.9. The lowest BCUT2D eigenvalue weighted by molar-refractivity contribution is 0.100. The van der Waals surface area contributed by atoms with Crippen LogP contribution in [-0.4, -0.2) is 16.0 Å². The van der Waals surface area contributed by atoms with Gasteiger partial charge in [-0.05, 0) is 42.5 Å². The van der Waals surface area contributed by atoms with Crippen molar-refractivity contribution in [2.75, 3.05) is 0 Å². The highest BCUT2D eigenvalue weighted by Crippen LogP contribution is 2.31. The second-order valence-electron chi connectivity index (χ2n) is 4.75. The van der Waals surface area contributed by atoms with Gasteiger partial charge < -0.3 is 10.8 Å². The molecule has 0 atom stereocenters. The first-order chi connectivity index (χ1) is 10.5. The number of halogens is 2. The molecular weight excluding hydrogens is 307 g/mol. The van der Waals surface area contributed by atoms with Gasteiger partial charge in [0, 0.05) is 10.9 Å². The molecule has 4 nitrogen and oxygen atoms in total. The van der Waals surface area contributed by atoms with Gasteiger partial charge in [-0.2, -0.15) is 0 Å². The number of aromatic hydroxyl groups is 1. The number of aromatic nitrogens is 1. The van der Waals surface area contributed by atoms with E-state index in [1.165, 1.54) is 18.2 Å². The van der Waals surface area contributed by atoms with E-state index in [0.717, 1.165) is 6.07 Å². The Labute approximate surface area is 130 Å². The van der Waals surface area contributed by atoms with Crippen LogP contribution in [0, 0.1) is 5.82 Å². The SMILES string of the molecule is NC(=O)c1cc(F)cc2c(Cl)cc(-c3ccc(O)cc3)nc12. The Hall–Kier alpha value is -2.66. The van der Waals surface area contributed by atoms with E-state index in [2.05, 4.69) is 4.98 Å². The maximum atomic E-state index is 13.6. The first kappa shape index (κ1) is 14.3. The van der Waals surface area contributed by atoms with Gasteiger partial charge in [0.25, 0.3) is 5.91 Å². The summed E-state index contributed by atoms with van der Waals surface area (Å²) in [5.74, 6) is -1.27. The quantitative estimate of drug-likeness (QED) is 0.759. The fraction of sp³-hybridized carbons (Fsp3) is 0. The molecule has 0 aliphatic rings. The highest BCUT2D eigenvalue weighted by molar-refractivity contribution is 6.36. The Morgan fingerprint density at radius 2 is 1.86 bits per heavy atom. The van der Waals surface area contributed by atoms with Crippen LogP contribution in [0.1, 0.15) is 10.4 Å². The normalized spacial score (nSPS) is 10.8. The van der Waals surface area contributed by atoms with Crippen molar-refractivity contribution in [2.24, 2.45) is 5.73 Å². The second-order valence-corrected chi connectivity index (χ2v) is 5.16. The standard InChI is InChI=1S/C16H10ClFN2O2/c17-13-7-14(8-1-3-10(21)4-2-8)20-15-11(13)5-9(18)6-12(15)16(19)22/h1-7,21H,(H2,19,22). The van der Waals surface area contributed by atoms with Crippen LogP contribution in [-0.2, 0) is 0 Å². The molecule has 1 heterocycles. The number of phenolic OH excluding ortho intramolecular Hbond substituents is 1. The lowest BCUT2D eigenvalue weighted by Gasteiger charge is -2.09. The Balaban J connectivity index is 2.31. The van der Waals surface area contributed by atoms with Gasteiger partial charge >= 0.3 is 0 Å². The van der Waals surface area contributed by atoms with E-state index < -0.39 is 11.7 Å². The summed E-state index contributed by atoms with van der Waals surface area (Å²) in [5.41, 5.74) is 6.68. The van der Waals surface area contributed by atoms with Gasteiger partial charge in [0.1, 0.15) is 11.6 Å². The number of nitrogens with zero attached hydrogens (tertiary/aromatic N) is 1. The fourth-order valence-electron chi connectivity index (χ4n) is 2.22. The molecular formula is C16H10ClFN2O2. The highest BCUT2D eigenvalue weighted by atomic mass is 35.5. The Bertz CT molecular complexity index is 895. The molecule has 0 unspecified atom stereocenters. The van der Waals surface area contributed by atoms with E-state index in [4.69, 9.17) is 17.3 Å². The molecule has 110 valence electrons. The van der Waals surface area contributed by atoms with Crippen molar-refractivity contribution in [2.45, 2.75) is 0 Å². The topological polar surface area (TPSA) is 76.2 Å². The molecule has 1 amide bonds. The number of benzene rings is 2. The summed E-state index contributed by atoms with van der Waals surface area (Å²) in [7, 11) is 0. The van der Waals surface area contributed by atoms with Crippen LogP contribution < -0.4 is 5.73 Å². The summed E-state index contributed by atoms with van der Waals surface area (Å²) in [6, 6.07) is 10.1. The number of rotatable bonds is 2. The third kappa shape index (κ3) is 2.46. The van der Waals surface area contributed by atoms with Gasteiger partial charge in [0.05, 0.1) is 21.8 Å². The minimum atomic E-state index is -0.782. The zero-order valence-corrected chi connectivity index (χ0v) is 11.9. The van der Waals surface area contributed by atoms with E-state index in [0.29, 0.717) is 16.6 Å². The van der Waals surface area contributed by atoms with Crippen molar-refractivity contribution in [3.05, 3.63) is 58.9 Å². The van der Waals surface area contributed by atoms with Crippen LogP contribution in [0.4, 0.5) is 4.39 Å². The third-order valence-electron chi connectivity index (χ3n) is 3.26.